The molecule has 5 unspecified atom stereocenters. The Kier molecular flexibility index (Phi) is 33.7. The van der Waals surface area contributed by atoms with Gasteiger partial charge in [-0.2, -0.15) is 0 Å². The van der Waals surface area contributed by atoms with Crippen molar-refractivity contribution < 1.29 is 95.8 Å². The first-order valence-electron chi connectivity index (χ1n) is 37.4. The molecule has 4 aliphatic carbocycles. The number of methoxy groups -OCH3 is 2. The van der Waals surface area contributed by atoms with Crippen molar-refractivity contribution in [2.75, 3.05) is 145 Å². The lowest BCUT2D eigenvalue weighted by molar-refractivity contribution is -0.131. The van der Waals surface area contributed by atoms with Gasteiger partial charge in [-0.15, -0.1) is 0 Å². The first-order chi connectivity index (χ1) is 52.0. The van der Waals surface area contributed by atoms with Crippen LogP contribution in [0.25, 0.3) is 11.6 Å². The minimum Gasteiger partial charge on any atom is -0.508 e. The largest absolute Gasteiger partial charge is 0.508 e. The lowest BCUT2D eigenvalue weighted by atomic mass is 9.81. The highest BCUT2D eigenvalue weighted by Gasteiger charge is 2.35. The molecule has 1 aliphatic heterocycles. The van der Waals surface area contributed by atoms with Crippen molar-refractivity contribution in [1.82, 2.24) is 10.6 Å². The number of phenols is 2. The number of aromatic hydroxyl groups is 2. The summed E-state index contributed by atoms with van der Waals surface area (Å²) >= 11 is 0. The topological polar surface area (TPSA) is 302 Å². The molecule has 1 heterocycles. The number of carbonyl (C=O) groups excluding carboxylic acids is 6. The fourth-order valence-corrected chi connectivity index (χ4v) is 12.9. The summed E-state index contributed by atoms with van der Waals surface area (Å²) in [6, 6.07) is 18.2. The maximum absolute atomic E-state index is 14.1. The zero-order chi connectivity index (χ0) is 75.7. The Morgan fingerprint density at radius 3 is 1.86 bits per heavy atom. The number of aryl methyl sites for hydroxylation is 1. The molecule has 24 nitrogen and oxygen atoms in total. The average molecular weight is 1480 g/mol. The Morgan fingerprint density at radius 1 is 0.636 bits per heavy atom. The second kappa shape index (κ2) is 43.8. The number of fused-ring (bicyclic) bond motifs is 4. The molecule has 0 bridgehead atoms. The zero-order valence-electron chi connectivity index (χ0n) is 62.4. The normalized spacial score (nSPS) is 17.4. The fraction of sp³-hybridized carbons (Fsp3) is 0.506. The molecule has 5 N–H and O–H groups in total. The molecule has 4 aromatic rings. The van der Waals surface area contributed by atoms with Crippen molar-refractivity contribution in [2.24, 2.45) is 40.5 Å². The highest BCUT2D eigenvalue weighted by Crippen LogP contribution is 2.46. The predicted octanol–water partition coefficient (Wildman–Crippen LogP) is 11.4. The number of amides is 3. The molecule has 3 amide bonds. The average Bonchev–Trinajstić information content (AvgIpc) is 1.78. The SMILES string of the molecule is COc1cc2c(cc1OCCCOc1cc3c(cc1OC)C(=O)CC1C=C(c4ccc(NC(=O)C(C)CC(=O)C(NC(=O)CCOCCOCCOCCOCCOCCOCCOCCOCCNC(=O)C/C=C\c5cc(O)ccc5O)C(C)C)cc4)CC1C=N3)CCC=CC1CC(C3CC3)=CC=C1C2=O. The maximum atomic E-state index is 14.1. The number of nitrogens with zero attached hydrogens (tertiary/aromatic N) is 1. The Balaban J connectivity index is 0.575. The van der Waals surface area contributed by atoms with Crippen LogP contribution in [0.1, 0.15) is 122 Å². The van der Waals surface area contributed by atoms with Crippen LogP contribution in [0.15, 0.2) is 119 Å². The van der Waals surface area contributed by atoms with E-state index in [1.165, 1.54) is 36.6 Å². The zero-order valence-corrected chi connectivity index (χ0v) is 62.4. The van der Waals surface area contributed by atoms with Gasteiger partial charge in [0.05, 0.1) is 145 Å². The van der Waals surface area contributed by atoms with Gasteiger partial charge in [-0.05, 0) is 122 Å². The maximum Gasteiger partial charge on any atom is 0.227 e. The first kappa shape index (κ1) is 82.2. The van der Waals surface area contributed by atoms with Crippen molar-refractivity contribution in [1.29, 1.82) is 0 Å². The Hall–Kier alpha value is -8.85. The molecule has 24 heteroatoms. The third-order valence-electron chi connectivity index (χ3n) is 19.0. The number of hydrogen-bond donors (Lipinski definition) is 5. The summed E-state index contributed by atoms with van der Waals surface area (Å²) in [6.07, 6.45) is 22.4. The Morgan fingerprint density at radius 2 is 1.24 bits per heavy atom. The van der Waals surface area contributed by atoms with E-state index in [9.17, 15) is 39.0 Å². The van der Waals surface area contributed by atoms with E-state index in [2.05, 4.69) is 40.3 Å². The van der Waals surface area contributed by atoms with Gasteiger partial charge in [-0.3, -0.25) is 33.8 Å². The van der Waals surface area contributed by atoms with E-state index in [1.54, 1.807) is 45.4 Å². The quantitative estimate of drug-likeness (QED) is 0.0156. The second-order valence-electron chi connectivity index (χ2n) is 27.4. The third kappa shape index (κ3) is 26.5. The first-order valence-corrected chi connectivity index (χ1v) is 37.4. The number of anilines is 1. The molecular weight excluding hydrogens is 1370 g/mol. The van der Waals surface area contributed by atoms with Gasteiger partial charge in [0.15, 0.2) is 40.3 Å². The smallest absolute Gasteiger partial charge is 0.227 e. The van der Waals surface area contributed by atoms with E-state index in [4.69, 9.17) is 61.8 Å². The molecule has 107 heavy (non-hydrogen) atoms. The summed E-state index contributed by atoms with van der Waals surface area (Å²) in [7, 11) is 3.13. The summed E-state index contributed by atoms with van der Waals surface area (Å²) < 4.78 is 68.3. The van der Waals surface area contributed by atoms with Crippen LogP contribution in [-0.4, -0.2) is 197 Å². The highest BCUT2D eigenvalue weighted by atomic mass is 16.6. The standard InChI is InChI=1S/C83H106N4O20/c1-55(2)81(87-80(93)24-28-98-30-32-100-34-36-102-38-40-104-42-43-105-41-39-103-37-35-101-33-31-99-29-25-84-79(92)13-8-12-62-48-67(88)21-23-72(62)89)74(91)44-56(3)83(95)86-66-19-16-58(17-20-66)63-46-64-49-73(90)70-52-76(97-5)78(53-71(70)85-54-65(64)47-63)107-27-9-26-106-77-50-61-11-7-6-10-60-45-59(57-14-15-57)18-22-68(60)82(94)69(61)51-75(77)96-4/h6,8,10,12,16-23,46,48,50-57,60,64-65,81,88-89H,7,9,11,13-15,24-45,47,49H2,1-5H3,(H,84,92)(H,86,95)(H,87,93)/b10-6?,12-8-,85-54?. The summed E-state index contributed by atoms with van der Waals surface area (Å²) in [5, 5.41) is 27.9. The van der Waals surface area contributed by atoms with Gasteiger partial charge in [0.2, 0.25) is 17.7 Å². The number of phenolic OH excluding ortho intramolecular Hbond substituents is 2. The molecule has 1 saturated carbocycles. The van der Waals surface area contributed by atoms with Crippen molar-refractivity contribution in [3.63, 3.8) is 0 Å². The van der Waals surface area contributed by atoms with E-state index < -0.39 is 12.0 Å². The molecule has 0 radical (unpaired) electrons. The van der Waals surface area contributed by atoms with Gasteiger partial charge in [0.25, 0.3) is 0 Å². The summed E-state index contributed by atoms with van der Waals surface area (Å²) in [5.74, 6) is 0.686. The van der Waals surface area contributed by atoms with Crippen LogP contribution in [0.2, 0.25) is 0 Å². The van der Waals surface area contributed by atoms with Crippen LogP contribution >= 0.6 is 0 Å². The lowest BCUT2D eigenvalue weighted by Crippen LogP contribution is -2.45. The van der Waals surface area contributed by atoms with E-state index in [0.717, 1.165) is 35.1 Å². The van der Waals surface area contributed by atoms with Crippen molar-refractivity contribution >= 4 is 64.3 Å². The van der Waals surface area contributed by atoms with E-state index in [1.807, 2.05) is 62.5 Å². The van der Waals surface area contributed by atoms with Gasteiger partial charge in [-0.25, -0.2) is 0 Å². The molecule has 0 spiro atoms. The van der Waals surface area contributed by atoms with Crippen LogP contribution in [0.3, 0.4) is 0 Å². The summed E-state index contributed by atoms with van der Waals surface area (Å²) in [6.45, 7) is 12.3. The summed E-state index contributed by atoms with van der Waals surface area (Å²) in [5.41, 5.74) is 7.86. The molecule has 4 aromatic carbocycles. The van der Waals surface area contributed by atoms with Gasteiger partial charge < -0.3 is 83.0 Å². The van der Waals surface area contributed by atoms with E-state index in [-0.39, 0.29) is 109 Å². The predicted molar refractivity (Wildman–Crippen MR) is 405 cm³/mol. The van der Waals surface area contributed by atoms with Gasteiger partial charge in [0.1, 0.15) is 11.5 Å². The van der Waals surface area contributed by atoms with Crippen LogP contribution < -0.4 is 34.9 Å². The minimum absolute atomic E-state index is 0.0162. The second-order valence-corrected chi connectivity index (χ2v) is 27.4. The van der Waals surface area contributed by atoms with Crippen LogP contribution in [0.4, 0.5) is 11.4 Å². The van der Waals surface area contributed by atoms with Crippen molar-refractivity contribution in [3.8, 4) is 34.5 Å². The van der Waals surface area contributed by atoms with Crippen molar-refractivity contribution in [3.05, 3.63) is 142 Å². The van der Waals surface area contributed by atoms with E-state index in [0.29, 0.717) is 188 Å². The lowest BCUT2D eigenvalue weighted by Gasteiger charge is -2.23. The molecular formula is C83H106N4O20. The number of nitrogens with one attached hydrogen (secondary N) is 3. The summed E-state index contributed by atoms with van der Waals surface area (Å²) in [4.78, 5) is 84.9. The number of hydrogen-bond acceptors (Lipinski definition) is 21. The number of Topliss-reactive ketones (excluding diaryl/α,β-unsaturated/α-hetero) is 3. The molecule has 0 aromatic heterocycles. The van der Waals surface area contributed by atoms with Gasteiger partial charge >= 0.3 is 0 Å². The van der Waals surface area contributed by atoms with Gasteiger partial charge in [-0.1, -0.05) is 81.0 Å². The number of aliphatic imine (C=N–C) groups is 1. The van der Waals surface area contributed by atoms with Crippen LogP contribution in [-0.2, 0) is 63.5 Å². The fourth-order valence-electron chi connectivity index (χ4n) is 12.9. The van der Waals surface area contributed by atoms with Crippen LogP contribution in [0, 0.1) is 35.5 Å². The molecule has 9 rings (SSSR count). The number of benzene rings is 4. The molecule has 5 aliphatic rings. The highest BCUT2D eigenvalue weighted by molar-refractivity contribution is 6.11. The number of allylic oxidation sites excluding steroid dienone is 8. The number of rotatable bonds is 47. The molecule has 578 valence electrons. The van der Waals surface area contributed by atoms with Crippen LogP contribution in [0.5, 0.6) is 34.5 Å². The van der Waals surface area contributed by atoms with Crippen molar-refractivity contribution in [2.45, 2.75) is 97.4 Å². The van der Waals surface area contributed by atoms with E-state index >= 15 is 0 Å². The number of ether oxygens (including phenoxy) is 12. The Labute approximate surface area is 627 Å². The monoisotopic (exact) mass is 1480 g/mol. The van der Waals surface area contributed by atoms with Gasteiger partial charge in [0, 0.05) is 96.6 Å². The minimum atomic E-state index is -0.777. The molecule has 5 atom stereocenters. The number of carbonyl (C=O) groups is 6. The Bertz CT molecular complexity index is 3800. The third-order valence-corrected chi connectivity index (χ3v) is 19.0. The molecule has 1 fully saturated rings. The molecule has 0 saturated heterocycles. The number of ketones is 3.